The maximum absolute atomic E-state index is 14.3. The molecule has 1 aliphatic rings. The topological polar surface area (TPSA) is 124 Å². The fourth-order valence-corrected chi connectivity index (χ4v) is 4.11. The molecule has 0 spiro atoms. The van der Waals surface area contributed by atoms with Gasteiger partial charge in [0.05, 0.1) is 25.0 Å². The second-order valence-corrected chi connectivity index (χ2v) is 9.05. The standard InChI is InChI=1S/C20H24F2N4O5S/c1-11(2)31-13-9-16(20(27)25-12-6-7-24-17(8-12)32(23,28)29)26(10-13)15-5-4-14(21)18(22)19(15)30-3/h4-8,11,13,16H,9-10H2,1-3H3,(H2,23,28,29)(H,24,25,27). The van der Waals surface area contributed by atoms with E-state index in [1.165, 1.54) is 25.4 Å². The first-order valence-electron chi connectivity index (χ1n) is 9.75. The highest BCUT2D eigenvalue weighted by Gasteiger charge is 2.40. The molecule has 2 aromatic rings. The number of benzene rings is 1. The molecule has 2 unspecified atom stereocenters. The summed E-state index contributed by atoms with van der Waals surface area (Å²) >= 11 is 0. The predicted octanol–water partition coefficient (Wildman–Crippen LogP) is 2.03. The summed E-state index contributed by atoms with van der Waals surface area (Å²) in [6.07, 6.45) is 0.985. The number of methoxy groups -OCH3 is 1. The quantitative estimate of drug-likeness (QED) is 0.635. The lowest BCUT2D eigenvalue weighted by Crippen LogP contribution is -2.40. The Balaban J connectivity index is 1.93. The molecule has 174 valence electrons. The van der Waals surface area contributed by atoms with E-state index in [2.05, 4.69) is 10.3 Å². The zero-order valence-electron chi connectivity index (χ0n) is 17.7. The van der Waals surface area contributed by atoms with Gasteiger partial charge in [-0.25, -0.2) is 22.9 Å². The normalized spacial score (nSPS) is 18.8. The lowest BCUT2D eigenvalue weighted by Gasteiger charge is -2.27. The van der Waals surface area contributed by atoms with E-state index in [0.717, 1.165) is 12.1 Å². The number of primary sulfonamides is 1. The van der Waals surface area contributed by atoms with Gasteiger partial charge in [-0.3, -0.25) is 4.79 Å². The molecule has 3 rings (SSSR count). The van der Waals surface area contributed by atoms with Gasteiger partial charge < -0.3 is 19.7 Å². The Morgan fingerprint density at radius 1 is 1.31 bits per heavy atom. The minimum Gasteiger partial charge on any atom is -0.491 e. The van der Waals surface area contributed by atoms with Crippen LogP contribution in [-0.2, 0) is 19.6 Å². The first-order chi connectivity index (χ1) is 15.0. The zero-order valence-corrected chi connectivity index (χ0v) is 18.5. The van der Waals surface area contributed by atoms with Gasteiger partial charge in [0.1, 0.15) is 6.04 Å². The largest absolute Gasteiger partial charge is 0.491 e. The number of rotatable bonds is 7. The maximum atomic E-state index is 14.3. The average Bonchev–Trinajstić information content (AvgIpc) is 3.12. The number of aromatic nitrogens is 1. The number of halogens is 2. The molecule has 1 aliphatic heterocycles. The molecule has 1 amide bonds. The monoisotopic (exact) mass is 470 g/mol. The van der Waals surface area contributed by atoms with Crippen LogP contribution < -0.4 is 20.1 Å². The third kappa shape index (κ3) is 5.14. The average molecular weight is 470 g/mol. The molecule has 1 aromatic heterocycles. The number of amides is 1. The molecule has 2 heterocycles. The Bertz CT molecular complexity index is 1110. The number of hydrogen-bond acceptors (Lipinski definition) is 7. The molecule has 3 N–H and O–H groups in total. The number of sulfonamides is 1. The summed E-state index contributed by atoms with van der Waals surface area (Å²) in [6, 6.07) is 4.00. The van der Waals surface area contributed by atoms with Crippen LogP contribution in [0.4, 0.5) is 20.2 Å². The highest BCUT2D eigenvalue weighted by atomic mass is 32.2. The van der Waals surface area contributed by atoms with Crippen LogP contribution in [-0.4, -0.2) is 51.2 Å². The van der Waals surface area contributed by atoms with Crippen LogP contribution in [0.3, 0.4) is 0 Å². The summed E-state index contributed by atoms with van der Waals surface area (Å²) in [5.41, 5.74) is 0.362. The molecule has 0 saturated carbocycles. The number of carbonyl (C=O) groups is 1. The number of carbonyl (C=O) groups excluding carboxylic acids is 1. The summed E-state index contributed by atoms with van der Waals surface area (Å²) in [6.45, 7) is 3.93. The van der Waals surface area contributed by atoms with Gasteiger partial charge in [-0.2, -0.15) is 4.39 Å². The van der Waals surface area contributed by atoms with E-state index in [9.17, 15) is 22.0 Å². The molecule has 0 aliphatic carbocycles. The third-order valence-electron chi connectivity index (χ3n) is 4.87. The Morgan fingerprint density at radius 2 is 2.03 bits per heavy atom. The highest BCUT2D eigenvalue weighted by Crippen LogP contribution is 2.37. The van der Waals surface area contributed by atoms with Crippen LogP contribution in [0.2, 0.25) is 0 Å². The van der Waals surface area contributed by atoms with Crippen molar-refractivity contribution < 1.29 is 31.5 Å². The van der Waals surface area contributed by atoms with Gasteiger partial charge in [-0.1, -0.05) is 0 Å². The molecule has 12 heteroatoms. The lowest BCUT2D eigenvalue weighted by atomic mass is 10.1. The fourth-order valence-electron chi connectivity index (χ4n) is 3.61. The second kappa shape index (κ2) is 9.35. The molecule has 1 aromatic carbocycles. The first-order valence-corrected chi connectivity index (χ1v) is 11.3. The molecular weight excluding hydrogens is 446 g/mol. The fraction of sp³-hybridized carbons (Fsp3) is 0.400. The molecule has 1 fully saturated rings. The van der Waals surface area contributed by atoms with Crippen molar-refractivity contribution in [3.63, 3.8) is 0 Å². The molecule has 9 nitrogen and oxygen atoms in total. The lowest BCUT2D eigenvalue weighted by molar-refractivity contribution is -0.117. The number of nitrogens with one attached hydrogen (secondary N) is 1. The van der Waals surface area contributed by atoms with E-state index in [1.807, 2.05) is 13.8 Å². The van der Waals surface area contributed by atoms with E-state index in [4.69, 9.17) is 14.6 Å². The van der Waals surface area contributed by atoms with Gasteiger partial charge in [0.2, 0.25) is 11.7 Å². The summed E-state index contributed by atoms with van der Waals surface area (Å²) in [4.78, 5) is 18.4. The molecule has 0 radical (unpaired) electrons. The van der Waals surface area contributed by atoms with E-state index in [1.54, 1.807) is 4.90 Å². The zero-order chi connectivity index (χ0) is 23.6. The van der Waals surface area contributed by atoms with E-state index in [-0.39, 0.29) is 42.3 Å². The van der Waals surface area contributed by atoms with Gasteiger partial charge in [0.25, 0.3) is 10.0 Å². The Kier molecular flexibility index (Phi) is 6.96. The summed E-state index contributed by atoms with van der Waals surface area (Å²) in [5.74, 6) is -3.07. The second-order valence-electron chi connectivity index (χ2n) is 7.54. The SMILES string of the molecule is COc1c(N2CC(OC(C)C)CC2C(=O)Nc2ccnc(S(N)(=O)=O)c2)ccc(F)c1F. The highest BCUT2D eigenvalue weighted by molar-refractivity contribution is 7.89. The van der Waals surface area contributed by atoms with Crippen LogP contribution in [0.1, 0.15) is 20.3 Å². The summed E-state index contributed by atoms with van der Waals surface area (Å²) < 4.78 is 62.0. The predicted molar refractivity (Wildman–Crippen MR) is 113 cm³/mol. The van der Waals surface area contributed by atoms with Crippen molar-refractivity contribution in [2.75, 3.05) is 23.9 Å². The van der Waals surface area contributed by atoms with E-state index in [0.29, 0.717) is 0 Å². The van der Waals surface area contributed by atoms with Crippen molar-refractivity contribution in [1.82, 2.24) is 4.98 Å². The van der Waals surface area contributed by atoms with Gasteiger partial charge >= 0.3 is 0 Å². The smallest absolute Gasteiger partial charge is 0.255 e. The molecule has 1 saturated heterocycles. The van der Waals surface area contributed by atoms with Crippen molar-refractivity contribution in [2.45, 2.75) is 43.5 Å². The van der Waals surface area contributed by atoms with Gasteiger partial charge in [-0.05, 0) is 32.0 Å². The molecule has 32 heavy (non-hydrogen) atoms. The molecule has 0 bridgehead atoms. The number of ether oxygens (including phenoxy) is 2. The van der Waals surface area contributed by atoms with Gasteiger partial charge in [0, 0.05) is 30.9 Å². The van der Waals surface area contributed by atoms with Crippen LogP contribution in [0.25, 0.3) is 0 Å². The Morgan fingerprint density at radius 3 is 2.66 bits per heavy atom. The maximum Gasteiger partial charge on any atom is 0.255 e. The first kappa shape index (κ1) is 23.8. The van der Waals surface area contributed by atoms with Crippen molar-refractivity contribution in [2.24, 2.45) is 5.14 Å². The Hall–Kier alpha value is -2.83. The van der Waals surface area contributed by atoms with Crippen LogP contribution in [0.5, 0.6) is 5.75 Å². The molecular formula is C20H24F2N4O5S. The number of pyridine rings is 1. The molecule has 2 atom stereocenters. The number of anilines is 2. The van der Waals surface area contributed by atoms with Gasteiger partial charge in [-0.15, -0.1) is 0 Å². The van der Waals surface area contributed by atoms with Crippen LogP contribution in [0.15, 0.2) is 35.5 Å². The minimum atomic E-state index is -4.06. The van der Waals surface area contributed by atoms with E-state index < -0.39 is 38.6 Å². The van der Waals surface area contributed by atoms with Crippen molar-refractivity contribution >= 4 is 27.3 Å². The summed E-state index contributed by atoms with van der Waals surface area (Å²) in [7, 11) is -2.85. The Labute approximate surface area is 184 Å². The van der Waals surface area contributed by atoms with E-state index >= 15 is 0 Å². The number of hydrogen-bond donors (Lipinski definition) is 2. The van der Waals surface area contributed by atoms with Crippen molar-refractivity contribution in [3.05, 3.63) is 42.1 Å². The number of nitrogens with two attached hydrogens (primary N) is 1. The minimum absolute atomic E-state index is 0.118. The van der Waals surface area contributed by atoms with Crippen molar-refractivity contribution in [3.8, 4) is 5.75 Å². The summed E-state index contributed by atoms with van der Waals surface area (Å²) in [5, 5.41) is 7.32. The third-order valence-corrected chi connectivity index (χ3v) is 5.67. The number of nitrogens with zero attached hydrogens (tertiary/aromatic N) is 2. The van der Waals surface area contributed by atoms with Crippen molar-refractivity contribution in [1.29, 1.82) is 0 Å². The van der Waals surface area contributed by atoms with Crippen LogP contribution >= 0.6 is 0 Å². The van der Waals surface area contributed by atoms with Crippen LogP contribution in [0, 0.1) is 11.6 Å². The van der Waals surface area contributed by atoms with Gasteiger partial charge in [0.15, 0.2) is 16.6 Å².